The number of anilines is 1. The van der Waals surface area contributed by atoms with E-state index in [2.05, 4.69) is 15.3 Å². The number of hydrogen-bond acceptors (Lipinski definition) is 4. The second-order valence-electron chi connectivity index (χ2n) is 7.28. The standard InChI is InChI=1S/C24H19N5O2/c1-15-21(24(31)29(28(15)2)16-9-4-3-5-10-16)27-23(30)17-11-8-14-20-22(17)26-19-13-7-6-12-18(19)25-20/h3-14H,1-2H3,(H,27,30). The van der Waals surface area contributed by atoms with Gasteiger partial charge >= 0.3 is 0 Å². The van der Waals surface area contributed by atoms with Crippen molar-refractivity contribution in [1.29, 1.82) is 0 Å². The van der Waals surface area contributed by atoms with Gasteiger partial charge in [0.15, 0.2) is 0 Å². The predicted molar refractivity (Wildman–Crippen MR) is 121 cm³/mol. The second kappa shape index (κ2) is 7.21. The lowest BCUT2D eigenvalue weighted by Gasteiger charge is -2.08. The SMILES string of the molecule is Cc1c(NC(=O)c2cccc3nc4ccccc4nc23)c(=O)n(-c2ccccc2)n1C. The number of amides is 1. The first-order chi connectivity index (χ1) is 15.0. The van der Waals surface area contributed by atoms with Gasteiger partial charge in [0.05, 0.1) is 33.5 Å². The van der Waals surface area contributed by atoms with Crippen LogP contribution in [0.4, 0.5) is 5.69 Å². The van der Waals surface area contributed by atoms with E-state index in [1.165, 1.54) is 4.68 Å². The molecule has 0 aliphatic rings. The van der Waals surface area contributed by atoms with E-state index in [1.807, 2.05) is 60.7 Å². The van der Waals surface area contributed by atoms with Crippen molar-refractivity contribution in [3.8, 4) is 5.69 Å². The van der Waals surface area contributed by atoms with Crippen molar-refractivity contribution in [3.05, 3.63) is 94.4 Å². The van der Waals surface area contributed by atoms with Gasteiger partial charge in [-0.15, -0.1) is 0 Å². The van der Waals surface area contributed by atoms with E-state index in [-0.39, 0.29) is 11.2 Å². The number of benzene rings is 3. The number of carbonyl (C=O) groups excluding carboxylic acids is 1. The molecule has 0 aliphatic carbocycles. The van der Waals surface area contributed by atoms with Gasteiger partial charge < -0.3 is 5.32 Å². The Balaban J connectivity index is 1.59. The highest BCUT2D eigenvalue weighted by Gasteiger charge is 2.20. The summed E-state index contributed by atoms with van der Waals surface area (Å²) < 4.78 is 3.26. The van der Waals surface area contributed by atoms with Gasteiger partial charge in [-0.1, -0.05) is 36.4 Å². The van der Waals surface area contributed by atoms with E-state index >= 15 is 0 Å². The fourth-order valence-corrected chi connectivity index (χ4v) is 3.72. The zero-order valence-corrected chi connectivity index (χ0v) is 17.0. The van der Waals surface area contributed by atoms with E-state index in [1.54, 1.807) is 30.8 Å². The molecule has 0 bridgehead atoms. The minimum Gasteiger partial charge on any atom is -0.316 e. The molecule has 0 aliphatic heterocycles. The third-order valence-corrected chi connectivity index (χ3v) is 5.41. The molecular formula is C24H19N5O2. The molecule has 2 aromatic heterocycles. The summed E-state index contributed by atoms with van der Waals surface area (Å²) in [5, 5.41) is 2.81. The molecule has 7 nitrogen and oxygen atoms in total. The van der Waals surface area contributed by atoms with Gasteiger partial charge in [-0.25, -0.2) is 14.6 Å². The summed E-state index contributed by atoms with van der Waals surface area (Å²) in [7, 11) is 1.79. The van der Waals surface area contributed by atoms with Crippen molar-refractivity contribution in [2.24, 2.45) is 7.05 Å². The van der Waals surface area contributed by atoms with Crippen LogP contribution in [0, 0.1) is 6.92 Å². The Morgan fingerprint density at radius 3 is 2.23 bits per heavy atom. The molecule has 0 unspecified atom stereocenters. The monoisotopic (exact) mass is 409 g/mol. The van der Waals surface area contributed by atoms with Crippen LogP contribution in [-0.4, -0.2) is 25.2 Å². The molecule has 0 radical (unpaired) electrons. The minimum absolute atomic E-state index is 0.238. The topological polar surface area (TPSA) is 81.8 Å². The van der Waals surface area contributed by atoms with Crippen molar-refractivity contribution in [1.82, 2.24) is 19.3 Å². The van der Waals surface area contributed by atoms with Crippen LogP contribution in [0.1, 0.15) is 16.1 Å². The summed E-state index contributed by atoms with van der Waals surface area (Å²) in [6, 6.07) is 22.1. The number of rotatable bonds is 3. The fraction of sp³-hybridized carbons (Fsp3) is 0.0833. The van der Waals surface area contributed by atoms with E-state index in [0.29, 0.717) is 27.8 Å². The highest BCUT2D eigenvalue weighted by atomic mass is 16.2. The van der Waals surface area contributed by atoms with Crippen LogP contribution in [0.15, 0.2) is 77.6 Å². The van der Waals surface area contributed by atoms with Crippen molar-refractivity contribution in [3.63, 3.8) is 0 Å². The lowest BCUT2D eigenvalue weighted by Crippen LogP contribution is -2.23. The lowest BCUT2D eigenvalue weighted by molar-refractivity contribution is 0.102. The number of fused-ring (bicyclic) bond motifs is 2. The maximum Gasteiger partial charge on any atom is 0.295 e. The first-order valence-electron chi connectivity index (χ1n) is 9.85. The van der Waals surface area contributed by atoms with Gasteiger partial charge in [0.2, 0.25) is 0 Å². The molecule has 5 rings (SSSR count). The molecule has 152 valence electrons. The molecule has 0 saturated heterocycles. The van der Waals surface area contributed by atoms with E-state index in [4.69, 9.17) is 0 Å². The van der Waals surface area contributed by atoms with Crippen LogP contribution in [0.25, 0.3) is 27.8 Å². The fourth-order valence-electron chi connectivity index (χ4n) is 3.72. The molecule has 0 spiro atoms. The zero-order valence-electron chi connectivity index (χ0n) is 17.0. The Bertz CT molecular complexity index is 1520. The minimum atomic E-state index is -0.402. The Morgan fingerprint density at radius 1 is 0.839 bits per heavy atom. The third-order valence-electron chi connectivity index (χ3n) is 5.41. The molecule has 2 heterocycles. The van der Waals surface area contributed by atoms with Crippen LogP contribution in [-0.2, 0) is 7.05 Å². The number of hydrogen-bond donors (Lipinski definition) is 1. The van der Waals surface area contributed by atoms with Crippen LogP contribution in [0.2, 0.25) is 0 Å². The van der Waals surface area contributed by atoms with Gasteiger partial charge in [-0.05, 0) is 43.3 Å². The Hall–Kier alpha value is -4.26. The Labute approximate surface area is 177 Å². The number of nitrogens with zero attached hydrogens (tertiary/aromatic N) is 4. The summed E-state index contributed by atoms with van der Waals surface area (Å²) >= 11 is 0. The van der Waals surface area contributed by atoms with Crippen molar-refractivity contribution in [2.75, 3.05) is 5.32 Å². The maximum absolute atomic E-state index is 13.2. The molecule has 31 heavy (non-hydrogen) atoms. The summed E-state index contributed by atoms with van der Waals surface area (Å²) in [6.07, 6.45) is 0. The first-order valence-corrected chi connectivity index (χ1v) is 9.85. The second-order valence-corrected chi connectivity index (χ2v) is 7.28. The number of nitrogens with one attached hydrogen (secondary N) is 1. The molecule has 3 aromatic carbocycles. The van der Waals surface area contributed by atoms with Gasteiger partial charge in [-0.3, -0.25) is 14.3 Å². The van der Waals surface area contributed by atoms with E-state index in [9.17, 15) is 9.59 Å². The molecule has 0 fully saturated rings. The number of carbonyl (C=O) groups is 1. The zero-order chi connectivity index (χ0) is 21.5. The van der Waals surface area contributed by atoms with Gasteiger partial charge in [0, 0.05) is 7.05 Å². The first kappa shape index (κ1) is 18.7. The third kappa shape index (κ3) is 3.07. The van der Waals surface area contributed by atoms with Crippen LogP contribution >= 0.6 is 0 Å². The van der Waals surface area contributed by atoms with Crippen molar-refractivity contribution in [2.45, 2.75) is 6.92 Å². The molecule has 0 saturated carbocycles. The normalized spacial score (nSPS) is 11.2. The largest absolute Gasteiger partial charge is 0.316 e. The molecule has 1 amide bonds. The summed E-state index contributed by atoms with van der Waals surface area (Å²) in [6.45, 7) is 1.80. The van der Waals surface area contributed by atoms with Crippen LogP contribution in [0.5, 0.6) is 0 Å². The average molecular weight is 409 g/mol. The molecule has 0 atom stereocenters. The highest BCUT2D eigenvalue weighted by molar-refractivity contribution is 6.12. The highest BCUT2D eigenvalue weighted by Crippen LogP contribution is 2.21. The maximum atomic E-state index is 13.2. The van der Waals surface area contributed by atoms with Gasteiger partial charge in [0.1, 0.15) is 11.2 Å². The summed E-state index contributed by atoms with van der Waals surface area (Å²) in [4.78, 5) is 35.6. The molecular weight excluding hydrogens is 390 g/mol. The lowest BCUT2D eigenvalue weighted by atomic mass is 10.1. The van der Waals surface area contributed by atoms with Gasteiger partial charge in [0.25, 0.3) is 11.5 Å². The van der Waals surface area contributed by atoms with Crippen molar-refractivity contribution >= 4 is 33.7 Å². The quantitative estimate of drug-likeness (QED) is 0.459. The average Bonchev–Trinajstić information content (AvgIpc) is 3.00. The number of aromatic nitrogens is 4. The smallest absolute Gasteiger partial charge is 0.295 e. The summed E-state index contributed by atoms with van der Waals surface area (Å²) in [5.74, 6) is -0.402. The van der Waals surface area contributed by atoms with Gasteiger partial charge in [-0.2, -0.15) is 0 Å². The van der Waals surface area contributed by atoms with E-state index in [0.717, 1.165) is 11.2 Å². The number of para-hydroxylation sites is 4. The Kier molecular flexibility index (Phi) is 4.36. The molecule has 5 aromatic rings. The van der Waals surface area contributed by atoms with E-state index < -0.39 is 5.91 Å². The predicted octanol–water partition coefficient (Wildman–Crippen LogP) is 3.83. The Morgan fingerprint density at radius 2 is 1.48 bits per heavy atom. The summed E-state index contributed by atoms with van der Waals surface area (Å²) in [5.41, 5.74) is 4.27. The van der Waals surface area contributed by atoms with Crippen LogP contribution < -0.4 is 10.9 Å². The van der Waals surface area contributed by atoms with Crippen LogP contribution in [0.3, 0.4) is 0 Å². The molecule has 1 N–H and O–H groups in total. The van der Waals surface area contributed by atoms with Crippen molar-refractivity contribution < 1.29 is 4.79 Å². The molecule has 7 heteroatoms.